The van der Waals surface area contributed by atoms with Gasteiger partial charge in [-0.1, -0.05) is 0 Å². The Kier molecular flexibility index (Phi) is 6.40. The van der Waals surface area contributed by atoms with Crippen molar-refractivity contribution in [3.05, 3.63) is 41.7 Å². The topological polar surface area (TPSA) is 87.2 Å². The van der Waals surface area contributed by atoms with Crippen molar-refractivity contribution in [2.24, 2.45) is 0 Å². The summed E-state index contributed by atoms with van der Waals surface area (Å²) in [5, 5.41) is 3.04. The predicted molar refractivity (Wildman–Crippen MR) is 103 cm³/mol. The van der Waals surface area contributed by atoms with E-state index in [1.165, 1.54) is 6.42 Å². The van der Waals surface area contributed by atoms with Crippen LogP contribution in [0.15, 0.2) is 29.2 Å². The first-order chi connectivity index (χ1) is 13.3. The van der Waals surface area contributed by atoms with Crippen LogP contribution in [0.1, 0.15) is 25.1 Å². The van der Waals surface area contributed by atoms with Crippen molar-refractivity contribution >= 4 is 21.7 Å². The first kappa shape index (κ1) is 20.4. The maximum absolute atomic E-state index is 13.7. The Hall–Kier alpha value is -2.33. The zero-order valence-corrected chi connectivity index (χ0v) is 16.4. The Labute approximate surface area is 163 Å². The normalized spacial score (nSPS) is 14.9. The van der Waals surface area contributed by atoms with Crippen molar-refractivity contribution in [1.29, 1.82) is 0 Å². The fourth-order valence-electron chi connectivity index (χ4n) is 3.06. The summed E-state index contributed by atoms with van der Waals surface area (Å²) >= 11 is 0. The Morgan fingerprint density at radius 2 is 1.82 bits per heavy atom. The summed E-state index contributed by atoms with van der Waals surface area (Å²) in [7, 11) is -4.15. The lowest BCUT2D eigenvalue weighted by atomic mass is 10.1. The molecule has 3 rings (SSSR count). The molecule has 0 radical (unpaired) electrons. The van der Waals surface area contributed by atoms with Gasteiger partial charge in [0.15, 0.2) is 0 Å². The Bertz CT molecular complexity index is 934. The molecular formula is C18H23F2N5O2S. The molecule has 7 nitrogen and oxygen atoms in total. The van der Waals surface area contributed by atoms with E-state index in [1.807, 2.05) is 6.07 Å². The molecular weight excluding hydrogens is 388 g/mol. The smallest absolute Gasteiger partial charge is 0.243 e. The minimum atomic E-state index is -4.15. The highest BCUT2D eigenvalue weighted by molar-refractivity contribution is 7.89. The van der Waals surface area contributed by atoms with Gasteiger partial charge in [0.05, 0.1) is 0 Å². The number of piperidine rings is 1. The summed E-state index contributed by atoms with van der Waals surface area (Å²) in [6, 6.07) is 4.14. The number of nitrogens with one attached hydrogen (secondary N) is 2. The quantitative estimate of drug-likeness (QED) is 0.681. The number of rotatable bonds is 7. The van der Waals surface area contributed by atoms with Crippen LogP contribution in [0.5, 0.6) is 0 Å². The number of aryl methyl sites for hydroxylation is 1. The molecule has 1 aliphatic heterocycles. The van der Waals surface area contributed by atoms with Gasteiger partial charge in [0, 0.05) is 32.2 Å². The average molecular weight is 411 g/mol. The molecule has 0 spiro atoms. The van der Waals surface area contributed by atoms with Crippen molar-refractivity contribution in [2.75, 3.05) is 36.4 Å². The lowest BCUT2D eigenvalue weighted by Gasteiger charge is -2.28. The van der Waals surface area contributed by atoms with Gasteiger partial charge in [0.2, 0.25) is 10.0 Å². The Balaban J connectivity index is 1.59. The SMILES string of the molecule is Cc1nc(NCCNS(=O)(=O)c2cc(F)ccc2F)cc(N2CCCCC2)n1. The molecule has 28 heavy (non-hydrogen) atoms. The Morgan fingerprint density at radius 3 is 2.57 bits per heavy atom. The lowest BCUT2D eigenvalue weighted by molar-refractivity contribution is 0.546. The van der Waals surface area contributed by atoms with Crippen LogP contribution in [0.3, 0.4) is 0 Å². The number of halogens is 2. The molecule has 152 valence electrons. The van der Waals surface area contributed by atoms with Gasteiger partial charge >= 0.3 is 0 Å². The number of aromatic nitrogens is 2. The van der Waals surface area contributed by atoms with Crippen molar-refractivity contribution < 1.29 is 17.2 Å². The Morgan fingerprint density at radius 1 is 1.07 bits per heavy atom. The molecule has 1 fully saturated rings. The highest BCUT2D eigenvalue weighted by Gasteiger charge is 2.19. The van der Waals surface area contributed by atoms with Gasteiger partial charge in [-0.25, -0.2) is 31.9 Å². The predicted octanol–water partition coefficient (Wildman–Crippen LogP) is 2.44. The highest BCUT2D eigenvalue weighted by Crippen LogP contribution is 2.20. The molecule has 2 N–H and O–H groups in total. The van der Waals surface area contributed by atoms with Crippen LogP contribution in [-0.2, 0) is 10.0 Å². The van der Waals surface area contributed by atoms with E-state index in [0.29, 0.717) is 17.7 Å². The summed E-state index contributed by atoms with van der Waals surface area (Å²) in [6.07, 6.45) is 3.48. The maximum atomic E-state index is 13.7. The zero-order valence-electron chi connectivity index (χ0n) is 15.6. The third-order valence-electron chi connectivity index (χ3n) is 4.41. The van der Waals surface area contributed by atoms with E-state index in [1.54, 1.807) is 6.92 Å². The van der Waals surface area contributed by atoms with Crippen LogP contribution in [0.2, 0.25) is 0 Å². The van der Waals surface area contributed by atoms with E-state index in [9.17, 15) is 17.2 Å². The molecule has 0 bridgehead atoms. The molecule has 1 aromatic carbocycles. The van der Waals surface area contributed by atoms with Crippen LogP contribution < -0.4 is 14.9 Å². The number of hydrogen-bond donors (Lipinski definition) is 2. The lowest BCUT2D eigenvalue weighted by Crippen LogP contribution is -2.31. The van der Waals surface area contributed by atoms with E-state index in [0.717, 1.165) is 43.9 Å². The standard InChI is InChI=1S/C18H23F2N5O2S/c1-13-23-17(12-18(24-13)25-9-3-2-4-10-25)21-7-8-22-28(26,27)16-11-14(19)5-6-15(16)20/h5-6,11-12,22H,2-4,7-10H2,1H3,(H,21,23,24). The second-order valence-electron chi connectivity index (χ2n) is 6.61. The van der Waals surface area contributed by atoms with Crippen molar-refractivity contribution in [1.82, 2.24) is 14.7 Å². The van der Waals surface area contributed by atoms with Gasteiger partial charge in [0.1, 0.15) is 34.0 Å². The van der Waals surface area contributed by atoms with Gasteiger partial charge in [-0.2, -0.15) is 0 Å². The summed E-state index contributed by atoms with van der Waals surface area (Å²) in [5.41, 5.74) is 0. The van der Waals surface area contributed by atoms with E-state index in [4.69, 9.17) is 0 Å². The third kappa shape index (κ3) is 5.14. The number of benzene rings is 1. The summed E-state index contributed by atoms with van der Waals surface area (Å²) in [4.78, 5) is 10.3. The number of nitrogens with zero attached hydrogens (tertiary/aromatic N) is 3. The molecule has 0 unspecified atom stereocenters. The second kappa shape index (κ2) is 8.78. The zero-order chi connectivity index (χ0) is 20.1. The van der Waals surface area contributed by atoms with Crippen LogP contribution in [0.4, 0.5) is 20.4 Å². The number of sulfonamides is 1. The van der Waals surface area contributed by atoms with E-state index < -0.39 is 26.6 Å². The first-order valence-corrected chi connectivity index (χ1v) is 10.6. The van der Waals surface area contributed by atoms with Crippen LogP contribution in [-0.4, -0.2) is 44.6 Å². The van der Waals surface area contributed by atoms with Gasteiger partial charge in [-0.15, -0.1) is 0 Å². The molecule has 0 saturated carbocycles. The first-order valence-electron chi connectivity index (χ1n) is 9.14. The molecule has 0 aliphatic carbocycles. The molecule has 0 atom stereocenters. The maximum Gasteiger partial charge on any atom is 0.243 e. The minimum Gasteiger partial charge on any atom is -0.369 e. The van der Waals surface area contributed by atoms with Crippen LogP contribution >= 0.6 is 0 Å². The molecule has 10 heteroatoms. The van der Waals surface area contributed by atoms with Crippen molar-refractivity contribution in [2.45, 2.75) is 31.1 Å². The fourth-order valence-corrected chi connectivity index (χ4v) is 4.18. The van der Waals surface area contributed by atoms with Crippen molar-refractivity contribution in [3.8, 4) is 0 Å². The second-order valence-corrected chi connectivity index (χ2v) is 8.34. The molecule has 2 aromatic rings. The van der Waals surface area contributed by atoms with Gasteiger partial charge in [0.25, 0.3) is 0 Å². The van der Waals surface area contributed by atoms with Gasteiger partial charge in [-0.3, -0.25) is 0 Å². The number of hydrogen-bond acceptors (Lipinski definition) is 6. The van der Waals surface area contributed by atoms with Gasteiger partial charge in [-0.05, 0) is 44.4 Å². The van der Waals surface area contributed by atoms with E-state index in [-0.39, 0.29) is 13.1 Å². The average Bonchev–Trinajstić information content (AvgIpc) is 2.67. The van der Waals surface area contributed by atoms with Gasteiger partial charge < -0.3 is 10.2 Å². The molecule has 1 aliphatic rings. The highest BCUT2D eigenvalue weighted by atomic mass is 32.2. The summed E-state index contributed by atoms with van der Waals surface area (Å²) < 4.78 is 53.5. The largest absolute Gasteiger partial charge is 0.369 e. The molecule has 2 heterocycles. The van der Waals surface area contributed by atoms with Crippen LogP contribution in [0, 0.1) is 18.6 Å². The number of anilines is 2. The van der Waals surface area contributed by atoms with E-state index >= 15 is 0 Å². The van der Waals surface area contributed by atoms with E-state index in [2.05, 4.69) is 24.9 Å². The summed E-state index contributed by atoms with van der Waals surface area (Å²) in [5.74, 6) is 0.232. The monoisotopic (exact) mass is 411 g/mol. The molecule has 0 amide bonds. The third-order valence-corrected chi connectivity index (χ3v) is 5.89. The molecule has 1 aromatic heterocycles. The molecule has 1 saturated heterocycles. The summed E-state index contributed by atoms with van der Waals surface area (Å²) in [6.45, 7) is 3.92. The van der Waals surface area contributed by atoms with Crippen LogP contribution in [0.25, 0.3) is 0 Å². The minimum absolute atomic E-state index is 0.0135. The fraction of sp³-hybridized carbons (Fsp3) is 0.444. The van der Waals surface area contributed by atoms with Crippen molar-refractivity contribution in [3.63, 3.8) is 0 Å².